The van der Waals surface area contributed by atoms with E-state index in [1.165, 1.54) is 17.6 Å². The lowest BCUT2D eigenvalue weighted by molar-refractivity contribution is -0.123. The zero-order chi connectivity index (χ0) is 21.9. The van der Waals surface area contributed by atoms with Gasteiger partial charge in [-0.2, -0.15) is 0 Å². The van der Waals surface area contributed by atoms with Crippen LogP contribution in [0.5, 0.6) is 0 Å². The van der Waals surface area contributed by atoms with Gasteiger partial charge in [-0.3, -0.25) is 4.79 Å². The first-order valence-corrected chi connectivity index (χ1v) is 11.4. The van der Waals surface area contributed by atoms with Crippen LogP contribution in [0.2, 0.25) is 0 Å². The van der Waals surface area contributed by atoms with Crippen LogP contribution >= 0.6 is 0 Å². The van der Waals surface area contributed by atoms with E-state index in [9.17, 15) is 4.79 Å². The number of benzene rings is 2. The van der Waals surface area contributed by atoms with Gasteiger partial charge in [0.2, 0.25) is 18.2 Å². The summed E-state index contributed by atoms with van der Waals surface area (Å²) in [6, 6.07) is 16.4. The van der Waals surface area contributed by atoms with Gasteiger partial charge in [0.05, 0.1) is 0 Å². The molecule has 2 aliphatic heterocycles. The highest BCUT2D eigenvalue weighted by atomic mass is 16.4. The normalized spacial score (nSPS) is 20.0. The predicted octanol–water partition coefficient (Wildman–Crippen LogP) is 3.47. The number of amides is 1. The lowest BCUT2D eigenvalue weighted by atomic mass is 9.89. The first-order valence-electron chi connectivity index (χ1n) is 11.4. The Kier molecular flexibility index (Phi) is 5.90. The van der Waals surface area contributed by atoms with Gasteiger partial charge in [-0.05, 0) is 56.1 Å². The summed E-state index contributed by atoms with van der Waals surface area (Å²) in [6.45, 7) is 4.94. The molecule has 0 saturated carbocycles. The van der Waals surface area contributed by atoms with Crippen molar-refractivity contribution in [3.8, 4) is 11.5 Å². The van der Waals surface area contributed by atoms with Gasteiger partial charge in [0.25, 0.3) is 0 Å². The minimum atomic E-state index is -0.00979. The van der Waals surface area contributed by atoms with Crippen molar-refractivity contribution in [1.29, 1.82) is 0 Å². The molecule has 5 rings (SSSR count). The number of likely N-dealkylation sites (N-methyl/N-ethyl adjacent to an activating group) is 1. The Hall–Kier alpha value is -3.19. The highest BCUT2D eigenvalue weighted by Crippen LogP contribution is 2.32. The van der Waals surface area contributed by atoms with E-state index in [0.29, 0.717) is 5.89 Å². The molecule has 0 spiro atoms. The van der Waals surface area contributed by atoms with E-state index in [1.807, 2.05) is 29.2 Å². The molecule has 3 heterocycles. The number of piperazine rings is 1. The Morgan fingerprint density at radius 2 is 1.88 bits per heavy atom. The fourth-order valence-corrected chi connectivity index (χ4v) is 4.81. The van der Waals surface area contributed by atoms with Crippen LogP contribution in [0.15, 0.2) is 59.3 Å². The summed E-state index contributed by atoms with van der Waals surface area (Å²) in [7, 11) is 2.17. The summed E-state index contributed by atoms with van der Waals surface area (Å²) in [5.41, 5.74) is 4.28. The Morgan fingerprint density at radius 3 is 2.69 bits per heavy atom. The monoisotopic (exact) mass is 431 g/mol. The maximum Gasteiger partial charge on any atom is 0.247 e. The van der Waals surface area contributed by atoms with Crippen LogP contribution in [0, 0.1) is 5.92 Å². The van der Waals surface area contributed by atoms with E-state index in [-0.39, 0.29) is 11.8 Å². The van der Waals surface area contributed by atoms with Crippen LogP contribution < -0.4 is 9.80 Å². The number of nitrogens with zero attached hydrogens (tertiary/aromatic N) is 5. The minimum Gasteiger partial charge on any atom is -0.423 e. The van der Waals surface area contributed by atoms with Crippen molar-refractivity contribution in [3.05, 3.63) is 60.5 Å². The molecule has 1 atom stereocenters. The number of piperidine rings is 1. The van der Waals surface area contributed by atoms with E-state index in [4.69, 9.17) is 4.42 Å². The van der Waals surface area contributed by atoms with Crippen LogP contribution in [0.3, 0.4) is 0 Å². The van der Waals surface area contributed by atoms with Gasteiger partial charge < -0.3 is 19.1 Å². The summed E-state index contributed by atoms with van der Waals surface area (Å²) in [5.74, 6) is 0.658. The molecule has 1 aromatic heterocycles. The Labute approximate surface area is 188 Å². The van der Waals surface area contributed by atoms with Crippen molar-refractivity contribution in [2.24, 2.45) is 5.92 Å². The van der Waals surface area contributed by atoms with Crippen LogP contribution in [0.25, 0.3) is 11.5 Å². The lowest BCUT2D eigenvalue weighted by Crippen LogP contribution is -2.45. The maximum atomic E-state index is 13.5. The summed E-state index contributed by atoms with van der Waals surface area (Å²) >= 11 is 0. The Balaban J connectivity index is 1.34. The van der Waals surface area contributed by atoms with E-state index < -0.39 is 0 Å². The molecule has 2 fully saturated rings. The highest BCUT2D eigenvalue weighted by molar-refractivity contribution is 5.96. The smallest absolute Gasteiger partial charge is 0.247 e. The summed E-state index contributed by atoms with van der Waals surface area (Å²) < 4.78 is 5.33. The molecule has 2 saturated heterocycles. The van der Waals surface area contributed by atoms with Crippen molar-refractivity contribution in [3.63, 3.8) is 0 Å². The van der Waals surface area contributed by atoms with Gasteiger partial charge in [-0.25, -0.2) is 0 Å². The molecular weight excluding hydrogens is 402 g/mol. The second-order valence-corrected chi connectivity index (χ2v) is 8.75. The zero-order valence-electron chi connectivity index (χ0n) is 18.5. The van der Waals surface area contributed by atoms with Crippen molar-refractivity contribution >= 4 is 17.3 Å². The number of carbonyl (C=O) groups excluding carboxylic acids is 1. The maximum absolute atomic E-state index is 13.5. The second kappa shape index (κ2) is 9.12. The second-order valence-electron chi connectivity index (χ2n) is 8.75. The third-order valence-electron chi connectivity index (χ3n) is 6.62. The molecule has 1 amide bonds. The molecule has 7 heteroatoms. The van der Waals surface area contributed by atoms with Crippen LogP contribution in [-0.4, -0.2) is 60.8 Å². The van der Waals surface area contributed by atoms with E-state index in [2.05, 4.69) is 51.3 Å². The number of rotatable bonds is 5. The Morgan fingerprint density at radius 1 is 1.03 bits per heavy atom. The Bertz CT molecular complexity index is 1060. The van der Waals surface area contributed by atoms with Crippen molar-refractivity contribution in [1.82, 2.24) is 15.1 Å². The molecule has 2 aromatic carbocycles. The topological polar surface area (TPSA) is 65.7 Å². The average Bonchev–Trinajstić information content (AvgIpc) is 3.37. The lowest BCUT2D eigenvalue weighted by Gasteiger charge is -2.36. The molecule has 0 N–H and O–H groups in total. The van der Waals surface area contributed by atoms with Crippen LogP contribution in [-0.2, 0) is 11.2 Å². The first-order chi connectivity index (χ1) is 15.7. The highest BCUT2D eigenvalue weighted by Gasteiger charge is 2.31. The molecular formula is C25H29N5O2. The molecule has 0 radical (unpaired) electrons. The van der Waals surface area contributed by atoms with Gasteiger partial charge in [0, 0.05) is 55.6 Å². The first kappa shape index (κ1) is 20.7. The molecule has 1 unspecified atom stereocenters. The molecule has 3 aromatic rings. The summed E-state index contributed by atoms with van der Waals surface area (Å²) in [5, 5.41) is 7.76. The van der Waals surface area contributed by atoms with Gasteiger partial charge in [0.15, 0.2) is 0 Å². The number of carbonyl (C=O) groups is 1. The van der Waals surface area contributed by atoms with Gasteiger partial charge in [0.1, 0.15) is 0 Å². The molecule has 2 aliphatic rings. The number of hydrogen-bond acceptors (Lipinski definition) is 6. The standard InChI is InChI=1S/C25H29N5O2/c1-28-12-14-29(15-13-28)23-10-3-2-6-19(23)16-21-8-5-11-30(25(21)31)22-9-4-7-20(17-22)24-27-26-18-32-24/h2-4,6-7,9-10,17-18,21H,5,8,11-16H2,1H3. The van der Waals surface area contributed by atoms with Gasteiger partial charge in [-0.1, -0.05) is 24.3 Å². The number of hydrogen-bond donors (Lipinski definition) is 0. The van der Waals surface area contributed by atoms with Crippen LogP contribution in [0.4, 0.5) is 11.4 Å². The fraction of sp³-hybridized carbons (Fsp3) is 0.400. The molecule has 166 valence electrons. The van der Waals surface area contributed by atoms with E-state index in [0.717, 1.165) is 63.2 Å². The van der Waals surface area contributed by atoms with Gasteiger partial charge in [-0.15, -0.1) is 10.2 Å². The molecule has 32 heavy (non-hydrogen) atoms. The summed E-state index contributed by atoms with van der Waals surface area (Å²) in [4.78, 5) is 20.3. The SMILES string of the molecule is CN1CCN(c2ccccc2CC2CCCN(c3cccc(-c4nnco4)c3)C2=O)CC1. The van der Waals surface area contributed by atoms with E-state index >= 15 is 0 Å². The number of para-hydroxylation sites is 1. The zero-order valence-corrected chi connectivity index (χ0v) is 18.5. The number of anilines is 2. The fourth-order valence-electron chi connectivity index (χ4n) is 4.81. The number of aromatic nitrogens is 2. The molecule has 0 bridgehead atoms. The van der Waals surface area contributed by atoms with Crippen LogP contribution in [0.1, 0.15) is 18.4 Å². The van der Waals surface area contributed by atoms with Crippen molar-refractivity contribution in [2.75, 3.05) is 49.6 Å². The van der Waals surface area contributed by atoms with Crippen molar-refractivity contribution < 1.29 is 9.21 Å². The molecule has 0 aliphatic carbocycles. The molecule has 7 nitrogen and oxygen atoms in total. The summed E-state index contributed by atoms with van der Waals surface area (Å²) in [6.07, 6.45) is 4.02. The van der Waals surface area contributed by atoms with Crippen molar-refractivity contribution in [2.45, 2.75) is 19.3 Å². The van der Waals surface area contributed by atoms with E-state index in [1.54, 1.807) is 0 Å². The predicted molar refractivity (Wildman–Crippen MR) is 125 cm³/mol. The van der Waals surface area contributed by atoms with Gasteiger partial charge >= 0.3 is 0 Å². The third-order valence-corrected chi connectivity index (χ3v) is 6.62. The minimum absolute atomic E-state index is 0.00979. The quantitative estimate of drug-likeness (QED) is 0.616. The third kappa shape index (κ3) is 4.25. The average molecular weight is 432 g/mol. The largest absolute Gasteiger partial charge is 0.423 e.